The van der Waals surface area contributed by atoms with Crippen molar-refractivity contribution in [2.24, 2.45) is 5.92 Å². The van der Waals surface area contributed by atoms with Gasteiger partial charge >= 0.3 is 5.97 Å². The minimum atomic E-state index is -0.826. The molecule has 118 valence electrons. The molecule has 1 aromatic rings. The van der Waals surface area contributed by atoms with Crippen LogP contribution in [0.15, 0.2) is 5.16 Å². The van der Waals surface area contributed by atoms with Gasteiger partial charge in [-0.3, -0.25) is 9.36 Å². The Hall–Kier alpha value is -1.24. The van der Waals surface area contributed by atoms with Crippen molar-refractivity contribution in [3.05, 3.63) is 0 Å². The first-order chi connectivity index (χ1) is 10.0. The van der Waals surface area contributed by atoms with Gasteiger partial charge in [0.25, 0.3) is 0 Å². The zero-order valence-corrected chi connectivity index (χ0v) is 13.8. The molecule has 1 aliphatic rings. The summed E-state index contributed by atoms with van der Waals surface area (Å²) in [5, 5.41) is 18.1. The van der Waals surface area contributed by atoms with Crippen molar-refractivity contribution in [3.8, 4) is 0 Å². The third-order valence-corrected chi connectivity index (χ3v) is 4.82. The largest absolute Gasteiger partial charge is 0.481 e. The number of carboxylic acids is 1. The predicted molar refractivity (Wildman–Crippen MR) is 83.9 cm³/mol. The lowest BCUT2D eigenvalue weighted by Crippen LogP contribution is -2.41. The lowest BCUT2D eigenvalue weighted by atomic mass is 9.94. The molecule has 0 aromatic carbocycles. The molecule has 2 heterocycles. The summed E-state index contributed by atoms with van der Waals surface area (Å²) in [6.07, 6.45) is 3.31. The van der Waals surface area contributed by atoms with E-state index in [-0.39, 0.29) is 5.75 Å². The Labute approximate surface area is 129 Å². The van der Waals surface area contributed by atoms with Crippen molar-refractivity contribution < 1.29 is 9.90 Å². The quantitative estimate of drug-likeness (QED) is 0.814. The molecule has 1 N–H and O–H groups in total. The first-order valence-corrected chi connectivity index (χ1v) is 8.55. The van der Waals surface area contributed by atoms with Gasteiger partial charge in [-0.05, 0) is 32.1 Å². The normalized spacial score (nSPS) is 22.5. The van der Waals surface area contributed by atoms with E-state index in [1.165, 1.54) is 18.2 Å². The van der Waals surface area contributed by atoms with Gasteiger partial charge in [0.15, 0.2) is 5.16 Å². The molecule has 7 heteroatoms. The molecule has 6 nitrogen and oxygen atoms in total. The Morgan fingerprint density at radius 3 is 2.81 bits per heavy atom. The molecule has 2 rings (SSSR count). The van der Waals surface area contributed by atoms with Gasteiger partial charge in [-0.1, -0.05) is 25.6 Å². The smallest absolute Gasteiger partial charge is 0.313 e. The molecular formula is C14H24N4O2S. The Kier molecular flexibility index (Phi) is 5.50. The van der Waals surface area contributed by atoms with E-state index >= 15 is 0 Å². The van der Waals surface area contributed by atoms with Crippen LogP contribution in [0.3, 0.4) is 0 Å². The molecule has 1 aliphatic heterocycles. The Morgan fingerprint density at radius 2 is 2.19 bits per heavy atom. The zero-order valence-electron chi connectivity index (χ0n) is 12.9. The molecular weight excluding hydrogens is 288 g/mol. The van der Waals surface area contributed by atoms with Crippen LogP contribution in [0.25, 0.3) is 0 Å². The predicted octanol–water partition coefficient (Wildman–Crippen LogP) is 2.49. The van der Waals surface area contributed by atoms with E-state index in [2.05, 4.69) is 40.4 Å². The molecule has 2 atom stereocenters. The average Bonchev–Trinajstić information content (AvgIpc) is 2.80. The summed E-state index contributed by atoms with van der Waals surface area (Å²) < 4.78 is 2.07. The van der Waals surface area contributed by atoms with Crippen LogP contribution >= 0.6 is 11.8 Å². The summed E-state index contributed by atoms with van der Waals surface area (Å²) in [5.74, 6) is 0.839. The molecule has 2 unspecified atom stereocenters. The number of hydrogen-bond donors (Lipinski definition) is 1. The van der Waals surface area contributed by atoms with Gasteiger partial charge in [0.2, 0.25) is 5.95 Å². The highest BCUT2D eigenvalue weighted by molar-refractivity contribution is 7.99. The van der Waals surface area contributed by atoms with Crippen molar-refractivity contribution in [3.63, 3.8) is 0 Å². The van der Waals surface area contributed by atoms with Gasteiger partial charge in [-0.25, -0.2) is 0 Å². The third kappa shape index (κ3) is 3.90. The Balaban J connectivity index is 2.20. The van der Waals surface area contributed by atoms with Crippen molar-refractivity contribution >= 4 is 23.7 Å². The van der Waals surface area contributed by atoms with Gasteiger partial charge < -0.3 is 10.0 Å². The maximum Gasteiger partial charge on any atom is 0.313 e. The minimum Gasteiger partial charge on any atom is -0.481 e. The van der Waals surface area contributed by atoms with E-state index in [1.54, 1.807) is 0 Å². The SMILES string of the molecule is CCCn1c(SCC(=O)O)nnc1N1CCC(C)CC1C. The molecule has 0 amide bonds. The fourth-order valence-electron chi connectivity index (χ4n) is 2.85. The van der Waals surface area contributed by atoms with Crippen molar-refractivity contribution in [1.29, 1.82) is 0 Å². The lowest BCUT2D eigenvalue weighted by molar-refractivity contribution is -0.133. The number of nitrogens with zero attached hydrogens (tertiary/aromatic N) is 4. The first kappa shape index (κ1) is 16.1. The number of piperidine rings is 1. The first-order valence-electron chi connectivity index (χ1n) is 7.57. The topological polar surface area (TPSA) is 71.2 Å². The van der Waals surface area contributed by atoms with Gasteiger partial charge in [-0.15, -0.1) is 10.2 Å². The standard InChI is InChI=1S/C14H24N4O2S/c1-4-6-18-13(15-16-14(18)21-9-12(19)20)17-7-5-10(2)8-11(17)3/h10-11H,4-9H2,1-3H3,(H,19,20). The van der Waals surface area contributed by atoms with Crippen LogP contribution in [0.5, 0.6) is 0 Å². The molecule has 0 bridgehead atoms. The second-order valence-corrected chi connectivity index (χ2v) is 6.73. The van der Waals surface area contributed by atoms with Gasteiger partial charge in [0, 0.05) is 19.1 Å². The second-order valence-electron chi connectivity index (χ2n) is 5.79. The number of rotatable bonds is 6. The van der Waals surface area contributed by atoms with Crippen molar-refractivity contribution in [2.45, 2.75) is 57.8 Å². The number of carbonyl (C=O) groups is 1. The van der Waals surface area contributed by atoms with Crippen LogP contribution in [0.2, 0.25) is 0 Å². The second kappa shape index (κ2) is 7.15. The number of hydrogen-bond acceptors (Lipinski definition) is 5. The van der Waals surface area contributed by atoms with Crippen LogP contribution < -0.4 is 4.90 Å². The summed E-state index contributed by atoms with van der Waals surface area (Å²) in [7, 11) is 0. The number of aliphatic carboxylic acids is 1. The van der Waals surface area contributed by atoms with Gasteiger partial charge in [-0.2, -0.15) is 0 Å². The highest BCUT2D eigenvalue weighted by atomic mass is 32.2. The molecule has 1 aromatic heterocycles. The minimum absolute atomic E-state index is 0.0223. The molecule has 21 heavy (non-hydrogen) atoms. The molecule has 1 saturated heterocycles. The van der Waals surface area contributed by atoms with E-state index in [4.69, 9.17) is 5.11 Å². The lowest BCUT2D eigenvalue weighted by Gasteiger charge is -2.37. The molecule has 1 fully saturated rings. The zero-order chi connectivity index (χ0) is 15.4. The third-order valence-electron chi connectivity index (χ3n) is 3.86. The van der Waals surface area contributed by atoms with Gasteiger partial charge in [0.05, 0.1) is 5.75 Å². The molecule has 0 saturated carbocycles. The van der Waals surface area contributed by atoms with Gasteiger partial charge in [0.1, 0.15) is 0 Å². The van der Waals surface area contributed by atoms with Crippen LogP contribution in [0.4, 0.5) is 5.95 Å². The van der Waals surface area contributed by atoms with E-state index in [9.17, 15) is 4.79 Å². The Bertz CT molecular complexity index is 491. The molecule has 0 radical (unpaired) electrons. The molecule has 0 spiro atoms. The van der Waals surface area contributed by atoms with E-state index in [0.29, 0.717) is 11.2 Å². The van der Waals surface area contributed by atoms with E-state index < -0.39 is 5.97 Å². The summed E-state index contributed by atoms with van der Waals surface area (Å²) in [4.78, 5) is 13.1. The Morgan fingerprint density at radius 1 is 1.43 bits per heavy atom. The van der Waals surface area contributed by atoms with E-state index in [1.807, 2.05) is 0 Å². The van der Waals surface area contributed by atoms with Crippen LogP contribution in [0.1, 0.15) is 40.0 Å². The van der Waals surface area contributed by atoms with Crippen LogP contribution in [0, 0.1) is 5.92 Å². The van der Waals surface area contributed by atoms with Crippen molar-refractivity contribution in [2.75, 3.05) is 17.2 Å². The monoisotopic (exact) mass is 312 g/mol. The number of carboxylic acid groups (broad SMARTS) is 1. The number of aromatic nitrogens is 3. The summed E-state index contributed by atoms with van der Waals surface area (Å²) >= 11 is 1.24. The summed E-state index contributed by atoms with van der Waals surface area (Å²) in [6.45, 7) is 8.44. The summed E-state index contributed by atoms with van der Waals surface area (Å²) in [6, 6.07) is 0.450. The maximum atomic E-state index is 10.7. The van der Waals surface area contributed by atoms with Crippen LogP contribution in [-0.2, 0) is 11.3 Å². The van der Waals surface area contributed by atoms with Crippen molar-refractivity contribution in [1.82, 2.24) is 14.8 Å². The van der Waals surface area contributed by atoms with E-state index in [0.717, 1.165) is 37.8 Å². The highest BCUT2D eigenvalue weighted by Crippen LogP contribution is 2.29. The number of anilines is 1. The van der Waals surface area contributed by atoms with Crippen LogP contribution in [-0.4, -0.2) is 44.2 Å². The fourth-order valence-corrected chi connectivity index (χ4v) is 3.53. The average molecular weight is 312 g/mol. The summed E-state index contributed by atoms with van der Waals surface area (Å²) in [5.41, 5.74) is 0. The fraction of sp³-hybridized carbons (Fsp3) is 0.786. The number of thioether (sulfide) groups is 1. The maximum absolute atomic E-state index is 10.7. The molecule has 0 aliphatic carbocycles. The highest BCUT2D eigenvalue weighted by Gasteiger charge is 2.27.